The molecule has 0 radical (unpaired) electrons. The number of carboxylic acids is 1. The molecule has 5 nitrogen and oxygen atoms in total. The second-order valence-corrected chi connectivity index (χ2v) is 4.13. The molecule has 0 unspecified atom stereocenters. The zero-order valence-corrected chi connectivity index (χ0v) is 10.3. The molecule has 19 heavy (non-hydrogen) atoms. The summed E-state index contributed by atoms with van der Waals surface area (Å²) in [5.41, 5.74) is 2.56. The minimum absolute atomic E-state index is 0.363. The molecule has 0 bridgehead atoms. The molecule has 2 rings (SSSR count). The molecule has 0 amide bonds. The summed E-state index contributed by atoms with van der Waals surface area (Å²) in [6.45, 7) is 1.84. The van der Waals surface area contributed by atoms with Crippen LogP contribution in [0.5, 0.6) is 0 Å². The molecule has 0 saturated heterocycles. The van der Waals surface area contributed by atoms with Crippen LogP contribution in [-0.4, -0.2) is 27.1 Å². The minimum atomic E-state index is -1.13. The van der Waals surface area contributed by atoms with Gasteiger partial charge in [-0.25, -0.2) is 0 Å². The van der Waals surface area contributed by atoms with Crippen LogP contribution in [0.2, 0.25) is 0 Å². The van der Waals surface area contributed by atoms with E-state index in [-0.39, 0.29) is 0 Å². The third kappa shape index (κ3) is 3.22. The summed E-state index contributed by atoms with van der Waals surface area (Å²) >= 11 is 0. The van der Waals surface area contributed by atoms with Crippen molar-refractivity contribution in [2.24, 2.45) is 0 Å². The molecule has 96 valence electrons. The quantitative estimate of drug-likeness (QED) is 0.669. The zero-order chi connectivity index (χ0) is 13.8. The number of carbonyl (C=O) groups is 2. The lowest BCUT2D eigenvalue weighted by Crippen LogP contribution is -2.07. The van der Waals surface area contributed by atoms with Crippen LogP contribution in [0.1, 0.15) is 22.5 Å². The maximum atomic E-state index is 11.7. The van der Waals surface area contributed by atoms with E-state index in [0.717, 1.165) is 11.3 Å². The van der Waals surface area contributed by atoms with Crippen molar-refractivity contribution < 1.29 is 14.7 Å². The van der Waals surface area contributed by atoms with E-state index in [4.69, 9.17) is 5.11 Å². The largest absolute Gasteiger partial charge is 0.481 e. The number of nitrogens with zero attached hydrogens (tertiary/aromatic N) is 2. The van der Waals surface area contributed by atoms with Crippen molar-refractivity contribution in [1.29, 1.82) is 0 Å². The topological polar surface area (TPSA) is 80.2 Å². The number of ketones is 1. The monoisotopic (exact) mass is 256 g/mol. The Morgan fingerprint density at radius 3 is 2.58 bits per heavy atom. The fourth-order valence-corrected chi connectivity index (χ4v) is 1.64. The Labute approximate surface area is 109 Å². The fourth-order valence-electron chi connectivity index (χ4n) is 1.64. The highest BCUT2D eigenvalue weighted by atomic mass is 16.4. The number of Topliss-reactive ketones (excluding diaryl/α,β-unsaturated/α-hetero) is 1. The standard InChI is InChI=1S/C14H12N2O3/c1-9-5-6-12(16-15-9)10-3-2-4-11(7-10)13(17)8-14(18)19/h2-7H,8H2,1H3,(H,18,19). The molecule has 1 N–H and O–H groups in total. The van der Waals surface area contributed by atoms with E-state index < -0.39 is 18.2 Å². The number of aryl methyl sites for hydroxylation is 1. The number of carbonyl (C=O) groups excluding carboxylic acids is 1. The van der Waals surface area contributed by atoms with Gasteiger partial charge in [-0.15, -0.1) is 0 Å². The van der Waals surface area contributed by atoms with Gasteiger partial charge >= 0.3 is 5.97 Å². The van der Waals surface area contributed by atoms with Gasteiger partial charge in [0, 0.05) is 11.1 Å². The SMILES string of the molecule is Cc1ccc(-c2cccc(C(=O)CC(=O)O)c2)nn1. The lowest BCUT2D eigenvalue weighted by Gasteiger charge is -2.03. The first-order chi connectivity index (χ1) is 9.06. The van der Waals surface area contributed by atoms with Crippen molar-refractivity contribution in [1.82, 2.24) is 10.2 Å². The van der Waals surface area contributed by atoms with Crippen molar-refractivity contribution in [2.45, 2.75) is 13.3 Å². The van der Waals surface area contributed by atoms with E-state index in [1.165, 1.54) is 0 Å². The molecule has 0 fully saturated rings. The molecule has 0 aliphatic rings. The maximum absolute atomic E-state index is 11.7. The Balaban J connectivity index is 2.31. The predicted octanol–water partition coefficient (Wildman–Crippen LogP) is 2.11. The van der Waals surface area contributed by atoms with Crippen LogP contribution in [0.25, 0.3) is 11.3 Å². The second-order valence-electron chi connectivity index (χ2n) is 4.13. The lowest BCUT2D eigenvalue weighted by molar-refractivity contribution is -0.135. The van der Waals surface area contributed by atoms with Crippen LogP contribution in [0.3, 0.4) is 0 Å². The van der Waals surface area contributed by atoms with E-state index >= 15 is 0 Å². The smallest absolute Gasteiger partial charge is 0.311 e. The fraction of sp³-hybridized carbons (Fsp3) is 0.143. The van der Waals surface area contributed by atoms with Gasteiger partial charge in [0.15, 0.2) is 5.78 Å². The first kappa shape index (κ1) is 12.9. The number of benzene rings is 1. The van der Waals surface area contributed by atoms with Gasteiger partial charge in [-0.1, -0.05) is 18.2 Å². The number of carboxylic acid groups (broad SMARTS) is 1. The first-order valence-electron chi connectivity index (χ1n) is 5.72. The molecule has 0 saturated carbocycles. The van der Waals surface area contributed by atoms with Gasteiger partial charge in [0.05, 0.1) is 11.4 Å². The highest BCUT2D eigenvalue weighted by Crippen LogP contribution is 2.18. The van der Waals surface area contributed by atoms with Gasteiger partial charge in [-0.3, -0.25) is 9.59 Å². The van der Waals surface area contributed by atoms with E-state index in [2.05, 4.69) is 10.2 Å². The van der Waals surface area contributed by atoms with E-state index in [9.17, 15) is 9.59 Å². The van der Waals surface area contributed by atoms with E-state index in [1.807, 2.05) is 19.1 Å². The van der Waals surface area contributed by atoms with Gasteiger partial charge in [-0.05, 0) is 25.1 Å². The summed E-state index contributed by atoms with van der Waals surface area (Å²) in [5.74, 6) is -1.56. The summed E-state index contributed by atoms with van der Waals surface area (Å²) in [5, 5.41) is 16.6. The van der Waals surface area contributed by atoms with Gasteiger partial charge in [0.2, 0.25) is 0 Å². The van der Waals surface area contributed by atoms with Crippen LogP contribution >= 0.6 is 0 Å². The summed E-state index contributed by atoms with van der Waals surface area (Å²) in [4.78, 5) is 22.2. The number of hydrogen-bond donors (Lipinski definition) is 1. The highest BCUT2D eigenvalue weighted by Gasteiger charge is 2.11. The molecule has 1 aromatic heterocycles. The minimum Gasteiger partial charge on any atom is -0.481 e. The normalized spacial score (nSPS) is 10.2. The maximum Gasteiger partial charge on any atom is 0.311 e. The summed E-state index contributed by atoms with van der Waals surface area (Å²) in [7, 11) is 0. The first-order valence-corrected chi connectivity index (χ1v) is 5.72. The highest BCUT2D eigenvalue weighted by molar-refractivity contribution is 6.06. The number of aromatic nitrogens is 2. The molecule has 0 spiro atoms. The molecule has 0 atom stereocenters. The van der Waals surface area contributed by atoms with Crippen molar-refractivity contribution in [2.75, 3.05) is 0 Å². The summed E-state index contributed by atoms with van der Waals surface area (Å²) < 4.78 is 0. The Morgan fingerprint density at radius 2 is 1.95 bits per heavy atom. The second kappa shape index (κ2) is 5.39. The van der Waals surface area contributed by atoms with E-state index in [0.29, 0.717) is 11.3 Å². The Hall–Kier alpha value is -2.56. The number of hydrogen-bond acceptors (Lipinski definition) is 4. The Kier molecular flexibility index (Phi) is 3.66. The molecule has 0 aliphatic heterocycles. The van der Waals surface area contributed by atoms with Crippen LogP contribution in [0, 0.1) is 6.92 Å². The van der Waals surface area contributed by atoms with Crippen LogP contribution in [0.4, 0.5) is 0 Å². The number of aliphatic carboxylic acids is 1. The molecule has 5 heteroatoms. The molecule has 2 aromatic rings. The van der Waals surface area contributed by atoms with Gasteiger partial charge in [0.1, 0.15) is 6.42 Å². The van der Waals surface area contributed by atoms with Gasteiger partial charge in [0.25, 0.3) is 0 Å². The van der Waals surface area contributed by atoms with Crippen molar-refractivity contribution in [3.05, 3.63) is 47.7 Å². The van der Waals surface area contributed by atoms with Crippen molar-refractivity contribution >= 4 is 11.8 Å². The summed E-state index contributed by atoms with van der Waals surface area (Å²) in [6, 6.07) is 10.4. The lowest BCUT2D eigenvalue weighted by atomic mass is 10.0. The molecule has 1 aromatic carbocycles. The van der Waals surface area contributed by atoms with E-state index in [1.54, 1.807) is 24.3 Å². The Bertz CT molecular complexity index is 621. The van der Waals surface area contributed by atoms with Crippen molar-refractivity contribution in [3.63, 3.8) is 0 Å². The average Bonchev–Trinajstić information content (AvgIpc) is 2.39. The molecule has 0 aliphatic carbocycles. The third-order valence-electron chi connectivity index (χ3n) is 2.59. The number of rotatable bonds is 4. The zero-order valence-electron chi connectivity index (χ0n) is 10.3. The molecular weight excluding hydrogens is 244 g/mol. The molecule has 1 heterocycles. The van der Waals surface area contributed by atoms with Crippen LogP contribution < -0.4 is 0 Å². The predicted molar refractivity (Wildman–Crippen MR) is 68.8 cm³/mol. The van der Waals surface area contributed by atoms with Gasteiger partial charge < -0.3 is 5.11 Å². The molecular formula is C14H12N2O3. The van der Waals surface area contributed by atoms with Crippen molar-refractivity contribution in [3.8, 4) is 11.3 Å². The Morgan fingerprint density at radius 1 is 1.16 bits per heavy atom. The van der Waals surface area contributed by atoms with Gasteiger partial charge in [-0.2, -0.15) is 10.2 Å². The summed E-state index contributed by atoms with van der Waals surface area (Å²) in [6.07, 6.45) is -0.511. The van der Waals surface area contributed by atoms with Crippen LogP contribution in [0.15, 0.2) is 36.4 Å². The van der Waals surface area contributed by atoms with Crippen LogP contribution in [-0.2, 0) is 4.79 Å². The third-order valence-corrected chi connectivity index (χ3v) is 2.59. The average molecular weight is 256 g/mol.